The molecule has 0 saturated heterocycles. The van der Waals surface area contributed by atoms with Gasteiger partial charge in [-0.05, 0) is 43.9 Å². The van der Waals surface area contributed by atoms with Crippen molar-refractivity contribution in [3.63, 3.8) is 0 Å². The Kier molecular flexibility index (Phi) is 3.66. The van der Waals surface area contributed by atoms with Gasteiger partial charge in [0.2, 0.25) is 0 Å². The van der Waals surface area contributed by atoms with Gasteiger partial charge in [0.05, 0.1) is 5.69 Å². The zero-order valence-corrected chi connectivity index (χ0v) is 9.80. The van der Waals surface area contributed by atoms with E-state index in [-0.39, 0.29) is 17.9 Å². The lowest BCUT2D eigenvalue weighted by Gasteiger charge is -2.28. The van der Waals surface area contributed by atoms with E-state index in [9.17, 15) is 4.39 Å². The number of rotatable bonds is 2. The molecule has 0 spiro atoms. The topological polar surface area (TPSA) is 38.0 Å². The molecule has 0 bridgehead atoms. The third-order valence-electron chi connectivity index (χ3n) is 3.00. The van der Waals surface area contributed by atoms with Gasteiger partial charge < -0.3 is 11.1 Å². The van der Waals surface area contributed by atoms with Gasteiger partial charge in [-0.2, -0.15) is 0 Å². The predicted molar refractivity (Wildman–Crippen MR) is 65.3 cm³/mol. The summed E-state index contributed by atoms with van der Waals surface area (Å²) < 4.78 is 13.5. The molecule has 4 heteroatoms. The van der Waals surface area contributed by atoms with Gasteiger partial charge in [0, 0.05) is 17.1 Å². The lowest BCUT2D eigenvalue weighted by atomic mass is 9.91. The quantitative estimate of drug-likeness (QED) is 0.836. The van der Waals surface area contributed by atoms with Crippen LogP contribution in [0.3, 0.4) is 0 Å². The van der Waals surface area contributed by atoms with Crippen LogP contribution in [0.25, 0.3) is 0 Å². The normalized spacial score (nSPS) is 25.4. The summed E-state index contributed by atoms with van der Waals surface area (Å²) in [5, 5.41) is 3.73. The maximum Gasteiger partial charge on any atom is 0.146 e. The summed E-state index contributed by atoms with van der Waals surface area (Å²) >= 11 is 5.83. The molecule has 1 aliphatic carbocycles. The van der Waals surface area contributed by atoms with Crippen LogP contribution in [0.1, 0.15) is 25.7 Å². The average molecular weight is 243 g/mol. The fraction of sp³-hybridized carbons (Fsp3) is 0.500. The summed E-state index contributed by atoms with van der Waals surface area (Å²) in [4.78, 5) is 0. The number of anilines is 1. The molecule has 88 valence electrons. The summed E-state index contributed by atoms with van der Waals surface area (Å²) in [6, 6.07) is 5.05. The van der Waals surface area contributed by atoms with Crippen LogP contribution in [0.4, 0.5) is 10.1 Å². The van der Waals surface area contributed by atoms with Crippen LogP contribution in [0.2, 0.25) is 5.02 Å². The van der Waals surface area contributed by atoms with E-state index in [1.54, 1.807) is 12.1 Å². The van der Waals surface area contributed by atoms with E-state index in [4.69, 9.17) is 17.3 Å². The number of nitrogens with two attached hydrogens (primary N) is 1. The first-order valence-corrected chi connectivity index (χ1v) is 6.00. The lowest BCUT2D eigenvalue weighted by molar-refractivity contribution is 0.408. The SMILES string of the molecule is NC1CCCC(Nc2cc(Cl)ccc2F)C1. The maximum absolute atomic E-state index is 13.5. The van der Waals surface area contributed by atoms with Crippen molar-refractivity contribution in [2.45, 2.75) is 37.8 Å². The Morgan fingerprint density at radius 1 is 1.38 bits per heavy atom. The largest absolute Gasteiger partial charge is 0.380 e. The summed E-state index contributed by atoms with van der Waals surface area (Å²) in [6.45, 7) is 0. The molecule has 1 aromatic rings. The van der Waals surface area contributed by atoms with Crippen LogP contribution >= 0.6 is 11.6 Å². The summed E-state index contributed by atoms with van der Waals surface area (Å²) in [5.41, 5.74) is 6.37. The number of hydrogen-bond acceptors (Lipinski definition) is 2. The van der Waals surface area contributed by atoms with Crippen molar-refractivity contribution in [1.82, 2.24) is 0 Å². The fourth-order valence-electron chi connectivity index (χ4n) is 2.19. The van der Waals surface area contributed by atoms with Gasteiger partial charge in [0.1, 0.15) is 5.82 Å². The maximum atomic E-state index is 13.5. The van der Waals surface area contributed by atoms with Crippen LogP contribution in [0.5, 0.6) is 0 Å². The minimum atomic E-state index is -0.261. The van der Waals surface area contributed by atoms with E-state index in [1.165, 1.54) is 6.07 Å². The Balaban J connectivity index is 2.05. The van der Waals surface area contributed by atoms with Gasteiger partial charge in [-0.15, -0.1) is 0 Å². The Labute approximate surface area is 100.0 Å². The Hall–Kier alpha value is -0.800. The fourth-order valence-corrected chi connectivity index (χ4v) is 2.36. The van der Waals surface area contributed by atoms with Gasteiger partial charge >= 0.3 is 0 Å². The van der Waals surface area contributed by atoms with Crippen LogP contribution in [0, 0.1) is 5.82 Å². The Bertz CT molecular complexity index is 370. The molecule has 2 nitrogen and oxygen atoms in total. The number of benzene rings is 1. The van der Waals surface area contributed by atoms with Crippen molar-refractivity contribution < 1.29 is 4.39 Å². The lowest BCUT2D eigenvalue weighted by Crippen LogP contribution is -2.35. The van der Waals surface area contributed by atoms with Gasteiger partial charge in [-0.25, -0.2) is 4.39 Å². The van der Waals surface area contributed by atoms with Crippen molar-refractivity contribution in [3.05, 3.63) is 29.0 Å². The zero-order chi connectivity index (χ0) is 11.5. The predicted octanol–water partition coefficient (Wildman–Crippen LogP) is 3.16. The summed E-state index contributed by atoms with van der Waals surface area (Å²) in [7, 11) is 0. The zero-order valence-electron chi connectivity index (χ0n) is 9.05. The molecule has 1 saturated carbocycles. The molecule has 1 aliphatic rings. The summed E-state index contributed by atoms with van der Waals surface area (Å²) in [6.07, 6.45) is 4.10. The third-order valence-corrected chi connectivity index (χ3v) is 3.24. The molecule has 2 atom stereocenters. The highest BCUT2D eigenvalue weighted by atomic mass is 35.5. The first kappa shape index (κ1) is 11.7. The molecule has 2 unspecified atom stereocenters. The van der Waals surface area contributed by atoms with E-state index in [0.717, 1.165) is 25.7 Å². The second-order valence-electron chi connectivity index (χ2n) is 4.39. The molecule has 0 aromatic heterocycles. The average Bonchev–Trinajstić information content (AvgIpc) is 2.24. The molecule has 0 heterocycles. The van der Waals surface area contributed by atoms with Crippen LogP contribution in [-0.4, -0.2) is 12.1 Å². The van der Waals surface area contributed by atoms with Gasteiger partial charge in [-0.1, -0.05) is 11.6 Å². The summed E-state index contributed by atoms with van der Waals surface area (Å²) in [5.74, 6) is -0.261. The third kappa shape index (κ3) is 2.86. The number of halogens is 2. The molecular formula is C12H16ClFN2. The first-order valence-electron chi connectivity index (χ1n) is 5.62. The molecular weight excluding hydrogens is 227 g/mol. The number of nitrogens with one attached hydrogen (secondary N) is 1. The van der Waals surface area contributed by atoms with Gasteiger partial charge in [0.25, 0.3) is 0 Å². The van der Waals surface area contributed by atoms with Crippen LogP contribution in [0.15, 0.2) is 18.2 Å². The Morgan fingerprint density at radius 2 is 2.19 bits per heavy atom. The Morgan fingerprint density at radius 3 is 2.94 bits per heavy atom. The van der Waals surface area contributed by atoms with E-state index in [0.29, 0.717) is 10.7 Å². The standard InChI is InChI=1S/C12H16ClFN2/c13-8-4-5-11(14)12(6-8)16-10-3-1-2-9(15)7-10/h4-6,9-10,16H,1-3,7,15H2. The molecule has 1 fully saturated rings. The molecule has 0 amide bonds. The van der Waals surface area contributed by atoms with E-state index >= 15 is 0 Å². The van der Waals surface area contributed by atoms with E-state index in [1.807, 2.05) is 0 Å². The van der Waals surface area contributed by atoms with E-state index in [2.05, 4.69) is 5.32 Å². The highest BCUT2D eigenvalue weighted by Gasteiger charge is 2.19. The molecule has 3 N–H and O–H groups in total. The molecule has 0 aliphatic heterocycles. The molecule has 0 radical (unpaired) electrons. The van der Waals surface area contributed by atoms with Gasteiger partial charge in [-0.3, -0.25) is 0 Å². The number of hydrogen-bond donors (Lipinski definition) is 2. The van der Waals surface area contributed by atoms with Crippen LogP contribution in [-0.2, 0) is 0 Å². The second-order valence-corrected chi connectivity index (χ2v) is 4.83. The van der Waals surface area contributed by atoms with Gasteiger partial charge in [0.15, 0.2) is 0 Å². The smallest absolute Gasteiger partial charge is 0.146 e. The first-order chi connectivity index (χ1) is 7.65. The van der Waals surface area contributed by atoms with E-state index < -0.39 is 0 Å². The molecule has 16 heavy (non-hydrogen) atoms. The van der Waals surface area contributed by atoms with Crippen LogP contribution < -0.4 is 11.1 Å². The molecule has 1 aromatic carbocycles. The monoisotopic (exact) mass is 242 g/mol. The van der Waals surface area contributed by atoms with Crippen molar-refractivity contribution >= 4 is 17.3 Å². The highest BCUT2D eigenvalue weighted by molar-refractivity contribution is 6.30. The molecule has 2 rings (SSSR count). The van der Waals surface area contributed by atoms with Crippen molar-refractivity contribution in [1.29, 1.82) is 0 Å². The minimum absolute atomic E-state index is 0.230. The second kappa shape index (κ2) is 5.02. The van der Waals surface area contributed by atoms with Crippen molar-refractivity contribution in [2.75, 3.05) is 5.32 Å². The highest BCUT2D eigenvalue weighted by Crippen LogP contribution is 2.25. The van der Waals surface area contributed by atoms with Crippen molar-refractivity contribution in [3.8, 4) is 0 Å². The minimum Gasteiger partial charge on any atom is -0.380 e. The van der Waals surface area contributed by atoms with Crippen molar-refractivity contribution in [2.24, 2.45) is 5.73 Å².